The van der Waals surface area contributed by atoms with E-state index in [2.05, 4.69) is 0 Å². The summed E-state index contributed by atoms with van der Waals surface area (Å²) in [4.78, 5) is 22.0. The summed E-state index contributed by atoms with van der Waals surface area (Å²) in [7, 11) is 0. The first kappa shape index (κ1) is 11.7. The van der Waals surface area contributed by atoms with Gasteiger partial charge >= 0.3 is 10.8 Å². The summed E-state index contributed by atoms with van der Waals surface area (Å²) >= 11 is 0.988. The zero-order valence-electron chi connectivity index (χ0n) is 9.39. The molecule has 0 fully saturated rings. The van der Waals surface area contributed by atoms with Crippen LogP contribution in [0.25, 0.3) is 11.3 Å². The van der Waals surface area contributed by atoms with Gasteiger partial charge in [-0.05, 0) is 19.9 Å². The van der Waals surface area contributed by atoms with E-state index in [-0.39, 0.29) is 11.4 Å². The molecule has 0 saturated heterocycles. The van der Waals surface area contributed by atoms with Crippen molar-refractivity contribution in [2.24, 2.45) is 0 Å². The summed E-state index contributed by atoms with van der Waals surface area (Å²) < 4.78 is 6.62. The van der Waals surface area contributed by atoms with Crippen LogP contribution in [-0.2, 0) is 11.3 Å². The van der Waals surface area contributed by atoms with E-state index in [9.17, 15) is 9.59 Å². The van der Waals surface area contributed by atoms with Crippen LogP contribution in [0.1, 0.15) is 11.5 Å². The Morgan fingerprint density at radius 3 is 2.76 bits per heavy atom. The Kier molecular flexibility index (Phi) is 2.89. The van der Waals surface area contributed by atoms with Gasteiger partial charge in [-0.25, -0.2) is 0 Å². The van der Waals surface area contributed by atoms with Crippen LogP contribution in [0.5, 0.6) is 0 Å². The maximum Gasteiger partial charge on any atom is 0.323 e. The lowest BCUT2D eigenvalue weighted by Gasteiger charge is -2.03. The molecule has 17 heavy (non-hydrogen) atoms. The normalized spacial score (nSPS) is 10.7. The smallest absolute Gasteiger partial charge is 0.323 e. The molecule has 0 aliphatic carbocycles. The van der Waals surface area contributed by atoms with Crippen molar-refractivity contribution >= 4 is 17.3 Å². The van der Waals surface area contributed by atoms with E-state index in [0.29, 0.717) is 11.5 Å². The monoisotopic (exact) mass is 253 g/mol. The fraction of sp³-hybridized carbons (Fsp3) is 0.273. The van der Waals surface area contributed by atoms with Gasteiger partial charge in [0.2, 0.25) is 0 Å². The van der Waals surface area contributed by atoms with Gasteiger partial charge in [-0.1, -0.05) is 11.3 Å². The molecule has 0 bridgehead atoms. The SMILES string of the molecule is Cc1cc(-c2csc(=O)n2CC(=O)O)c(C)o1. The number of carboxylic acid groups (broad SMARTS) is 1. The number of aromatic nitrogens is 1. The molecule has 90 valence electrons. The average Bonchev–Trinajstić information content (AvgIpc) is 2.71. The molecule has 6 heteroatoms. The molecule has 2 rings (SSSR count). The zero-order chi connectivity index (χ0) is 12.6. The van der Waals surface area contributed by atoms with E-state index in [0.717, 1.165) is 22.7 Å². The van der Waals surface area contributed by atoms with E-state index in [4.69, 9.17) is 9.52 Å². The second-order valence-corrected chi connectivity index (χ2v) is 4.51. The molecule has 0 aliphatic rings. The molecule has 0 amide bonds. The summed E-state index contributed by atoms with van der Waals surface area (Å²) in [6, 6.07) is 1.80. The van der Waals surface area contributed by atoms with Crippen LogP contribution in [0.4, 0.5) is 0 Å². The van der Waals surface area contributed by atoms with Gasteiger partial charge in [-0.15, -0.1) is 0 Å². The van der Waals surface area contributed by atoms with Crippen molar-refractivity contribution in [2.45, 2.75) is 20.4 Å². The van der Waals surface area contributed by atoms with Crippen LogP contribution in [0.2, 0.25) is 0 Å². The van der Waals surface area contributed by atoms with Crippen molar-refractivity contribution in [3.8, 4) is 11.3 Å². The number of hydrogen-bond acceptors (Lipinski definition) is 4. The molecule has 1 N–H and O–H groups in total. The van der Waals surface area contributed by atoms with Crippen molar-refractivity contribution in [3.05, 3.63) is 32.6 Å². The molecular weight excluding hydrogens is 242 g/mol. The lowest BCUT2D eigenvalue weighted by atomic mass is 10.2. The fourth-order valence-corrected chi connectivity index (χ4v) is 2.47. The summed E-state index contributed by atoms with van der Waals surface area (Å²) in [5.41, 5.74) is 1.36. The van der Waals surface area contributed by atoms with Crippen LogP contribution in [0.15, 0.2) is 20.7 Å². The molecular formula is C11H11NO4S. The fourth-order valence-electron chi connectivity index (χ4n) is 1.71. The van der Waals surface area contributed by atoms with Crippen molar-refractivity contribution < 1.29 is 14.3 Å². The van der Waals surface area contributed by atoms with Crippen molar-refractivity contribution in [1.29, 1.82) is 0 Å². The highest BCUT2D eigenvalue weighted by atomic mass is 32.1. The van der Waals surface area contributed by atoms with Crippen LogP contribution in [0.3, 0.4) is 0 Å². The van der Waals surface area contributed by atoms with Gasteiger partial charge in [0.25, 0.3) is 0 Å². The highest BCUT2D eigenvalue weighted by Crippen LogP contribution is 2.26. The topological polar surface area (TPSA) is 72.4 Å². The highest BCUT2D eigenvalue weighted by Gasteiger charge is 2.15. The van der Waals surface area contributed by atoms with Crippen LogP contribution in [-0.4, -0.2) is 15.6 Å². The number of thiazole rings is 1. The lowest BCUT2D eigenvalue weighted by molar-refractivity contribution is -0.137. The van der Waals surface area contributed by atoms with Gasteiger partial charge in [0.15, 0.2) is 0 Å². The first-order valence-electron chi connectivity index (χ1n) is 4.96. The molecule has 2 aromatic rings. The Balaban J connectivity index is 2.56. The molecule has 0 aliphatic heterocycles. The van der Waals surface area contributed by atoms with Gasteiger partial charge in [0.1, 0.15) is 18.1 Å². The molecule has 0 saturated carbocycles. The van der Waals surface area contributed by atoms with E-state index in [1.807, 2.05) is 6.92 Å². The van der Waals surface area contributed by atoms with Gasteiger partial charge in [-0.3, -0.25) is 14.2 Å². The second kappa shape index (κ2) is 4.21. The van der Waals surface area contributed by atoms with Gasteiger partial charge in [-0.2, -0.15) is 0 Å². The molecule has 0 radical (unpaired) electrons. The first-order chi connectivity index (χ1) is 7.99. The minimum atomic E-state index is -1.04. The minimum Gasteiger partial charge on any atom is -0.480 e. The number of carboxylic acids is 1. The Labute approximate surface area is 101 Å². The van der Waals surface area contributed by atoms with Gasteiger partial charge in [0.05, 0.1) is 5.69 Å². The number of aliphatic carboxylic acids is 1. The van der Waals surface area contributed by atoms with Crippen molar-refractivity contribution in [1.82, 2.24) is 4.57 Å². The predicted molar refractivity (Wildman–Crippen MR) is 63.4 cm³/mol. The van der Waals surface area contributed by atoms with Crippen molar-refractivity contribution in [3.63, 3.8) is 0 Å². The summed E-state index contributed by atoms with van der Waals surface area (Å²) in [6.45, 7) is 3.26. The molecule has 0 aromatic carbocycles. The van der Waals surface area contributed by atoms with E-state index in [1.54, 1.807) is 18.4 Å². The number of hydrogen-bond donors (Lipinski definition) is 1. The summed E-state index contributed by atoms with van der Waals surface area (Å²) in [5, 5.41) is 10.4. The Hall–Kier alpha value is -1.82. The van der Waals surface area contributed by atoms with E-state index in [1.165, 1.54) is 4.57 Å². The van der Waals surface area contributed by atoms with Crippen molar-refractivity contribution in [2.75, 3.05) is 0 Å². The zero-order valence-corrected chi connectivity index (χ0v) is 10.2. The third-order valence-electron chi connectivity index (χ3n) is 2.39. The van der Waals surface area contributed by atoms with Crippen LogP contribution >= 0.6 is 11.3 Å². The average molecular weight is 253 g/mol. The predicted octanol–water partition coefficient (Wildman–Crippen LogP) is 1.87. The largest absolute Gasteiger partial charge is 0.480 e. The number of carbonyl (C=O) groups is 1. The van der Waals surface area contributed by atoms with Gasteiger partial charge < -0.3 is 9.52 Å². The first-order valence-corrected chi connectivity index (χ1v) is 5.84. The standard InChI is InChI=1S/C11H11NO4S/c1-6-3-8(7(2)16-6)9-5-17-11(15)12(9)4-10(13)14/h3,5H,4H2,1-2H3,(H,13,14). The van der Waals surface area contributed by atoms with Gasteiger partial charge in [0, 0.05) is 10.9 Å². The Bertz CT molecular complexity index is 620. The van der Waals surface area contributed by atoms with Crippen LogP contribution in [0, 0.1) is 13.8 Å². The molecule has 0 atom stereocenters. The minimum absolute atomic E-state index is 0.277. The maximum atomic E-state index is 11.6. The molecule has 0 unspecified atom stereocenters. The van der Waals surface area contributed by atoms with Crippen LogP contribution < -0.4 is 4.87 Å². The number of aryl methyl sites for hydroxylation is 2. The molecule has 2 aromatic heterocycles. The third kappa shape index (κ3) is 2.16. The third-order valence-corrected chi connectivity index (χ3v) is 3.16. The number of nitrogens with zero attached hydrogens (tertiary/aromatic N) is 1. The Morgan fingerprint density at radius 1 is 1.53 bits per heavy atom. The molecule has 0 spiro atoms. The molecule has 2 heterocycles. The maximum absolute atomic E-state index is 11.6. The number of furan rings is 1. The summed E-state index contributed by atoms with van der Waals surface area (Å²) in [5.74, 6) is 0.377. The molecule has 5 nitrogen and oxygen atoms in total. The Morgan fingerprint density at radius 2 is 2.24 bits per heavy atom. The second-order valence-electron chi connectivity index (χ2n) is 3.69. The quantitative estimate of drug-likeness (QED) is 0.906. The van der Waals surface area contributed by atoms with E-state index < -0.39 is 5.97 Å². The lowest BCUT2D eigenvalue weighted by Crippen LogP contribution is -2.19. The summed E-state index contributed by atoms with van der Waals surface area (Å²) in [6.07, 6.45) is 0. The number of rotatable bonds is 3. The van der Waals surface area contributed by atoms with E-state index >= 15 is 0 Å². The highest BCUT2D eigenvalue weighted by molar-refractivity contribution is 7.07.